The predicted octanol–water partition coefficient (Wildman–Crippen LogP) is 7.49. The molecule has 0 bridgehead atoms. The lowest BCUT2D eigenvalue weighted by Gasteiger charge is -2.60. The van der Waals surface area contributed by atoms with E-state index in [0.717, 1.165) is 41.4 Å². The first-order valence-electron chi connectivity index (χ1n) is 13.0. The number of ether oxygens (including phenoxy) is 1. The van der Waals surface area contributed by atoms with Crippen molar-refractivity contribution in [3.63, 3.8) is 0 Å². The van der Waals surface area contributed by atoms with Gasteiger partial charge in [-0.1, -0.05) is 53.9 Å². The van der Waals surface area contributed by atoms with E-state index in [2.05, 4.69) is 34.6 Å². The molecule has 10 atom stereocenters. The van der Waals surface area contributed by atoms with Gasteiger partial charge in [0, 0.05) is 0 Å². The smallest absolute Gasteiger partial charge is 0.0847 e. The molecule has 0 radical (unpaired) electrons. The van der Waals surface area contributed by atoms with Gasteiger partial charge in [-0.25, -0.2) is 0 Å². The average Bonchev–Trinajstić information content (AvgIpc) is 3.27. The van der Waals surface area contributed by atoms with Gasteiger partial charge < -0.3 is 4.74 Å². The molecule has 0 aromatic rings. The zero-order valence-corrected chi connectivity index (χ0v) is 19.4. The minimum absolute atomic E-state index is 0.600. The highest BCUT2D eigenvalue weighted by Crippen LogP contribution is 2.69. The van der Waals surface area contributed by atoms with Gasteiger partial charge in [0.25, 0.3) is 0 Å². The summed E-state index contributed by atoms with van der Waals surface area (Å²) in [5, 5.41) is 0. The van der Waals surface area contributed by atoms with Gasteiger partial charge in [-0.15, -0.1) is 0 Å². The molecule has 5 rings (SSSR count). The van der Waals surface area contributed by atoms with Crippen molar-refractivity contribution in [1.82, 2.24) is 0 Å². The van der Waals surface area contributed by atoms with Crippen LogP contribution in [0.4, 0.5) is 0 Å². The minimum atomic E-state index is 0.600. The Kier molecular flexibility index (Phi) is 4.97. The number of rotatable bonds is 5. The number of hydrogen-bond donors (Lipinski definition) is 0. The SMILES string of the molecule is CC(C)CCC[C@@H](C)C1CCC2C3CC[C@H]4C[C@@H]5O[C@@H]5CC4(C)C3CCC21C. The summed E-state index contributed by atoms with van der Waals surface area (Å²) in [6, 6.07) is 0. The van der Waals surface area contributed by atoms with Gasteiger partial charge in [-0.3, -0.25) is 0 Å². The van der Waals surface area contributed by atoms with Crippen molar-refractivity contribution >= 4 is 0 Å². The summed E-state index contributed by atoms with van der Waals surface area (Å²) >= 11 is 0. The molecule has 6 unspecified atom stereocenters. The lowest BCUT2D eigenvalue weighted by molar-refractivity contribution is -0.110. The van der Waals surface area contributed by atoms with Crippen LogP contribution in [0.25, 0.3) is 0 Å². The molecular weight excluding hydrogens is 340 g/mol. The molecule has 1 heterocycles. The van der Waals surface area contributed by atoms with Crippen LogP contribution < -0.4 is 0 Å². The summed E-state index contributed by atoms with van der Waals surface area (Å²) in [4.78, 5) is 0. The molecule has 4 aliphatic carbocycles. The molecule has 4 saturated carbocycles. The Morgan fingerprint density at radius 1 is 0.857 bits per heavy atom. The largest absolute Gasteiger partial charge is 0.370 e. The third-order valence-corrected chi connectivity index (χ3v) is 11.1. The van der Waals surface area contributed by atoms with Crippen LogP contribution >= 0.6 is 0 Å². The Bertz CT molecular complexity index is 583. The second kappa shape index (κ2) is 7.00. The van der Waals surface area contributed by atoms with E-state index < -0.39 is 0 Å². The van der Waals surface area contributed by atoms with E-state index in [-0.39, 0.29) is 0 Å². The fraction of sp³-hybridized carbons (Fsp3) is 1.00. The third kappa shape index (κ3) is 3.04. The molecule has 0 N–H and O–H groups in total. The van der Waals surface area contributed by atoms with Gasteiger partial charge in [-0.05, 0) is 104 Å². The van der Waals surface area contributed by atoms with Crippen LogP contribution in [0.5, 0.6) is 0 Å². The van der Waals surface area contributed by atoms with Crippen molar-refractivity contribution in [3.8, 4) is 0 Å². The van der Waals surface area contributed by atoms with Crippen molar-refractivity contribution in [2.75, 3.05) is 0 Å². The molecule has 0 spiro atoms. The van der Waals surface area contributed by atoms with Crippen LogP contribution in [0.2, 0.25) is 0 Å². The number of hydrogen-bond acceptors (Lipinski definition) is 1. The van der Waals surface area contributed by atoms with Gasteiger partial charge in [0.05, 0.1) is 12.2 Å². The van der Waals surface area contributed by atoms with E-state index >= 15 is 0 Å². The Morgan fingerprint density at radius 3 is 2.43 bits per heavy atom. The van der Waals surface area contributed by atoms with E-state index in [1.807, 2.05) is 0 Å². The van der Waals surface area contributed by atoms with E-state index in [1.165, 1.54) is 64.2 Å². The lowest BCUT2D eigenvalue weighted by atomic mass is 9.44. The van der Waals surface area contributed by atoms with E-state index in [0.29, 0.717) is 23.0 Å². The summed E-state index contributed by atoms with van der Waals surface area (Å²) in [7, 11) is 0. The molecule has 0 aromatic heterocycles. The van der Waals surface area contributed by atoms with Crippen LogP contribution in [0.15, 0.2) is 0 Å². The van der Waals surface area contributed by atoms with Crippen LogP contribution in [0.3, 0.4) is 0 Å². The number of epoxide rings is 1. The fourth-order valence-corrected chi connectivity index (χ4v) is 9.54. The Balaban J connectivity index is 1.30. The Hall–Kier alpha value is -0.0400. The average molecular weight is 387 g/mol. The zero-order valence-electron chi connectivity index (χ0n) is 19.4. The van der Waals surface area contributed by atoms with E-state index in [4.69, 9.17) is 4.74 Å². The maximum absolute atomic E-state index is 6.02. The van der Waals surface area contributed by atoms with Gasteiger partial charge in [0.1, 0.15) is 0 Å². The van der Waals surface area contributed by atoms with E-state index in [1.54, 1.807) is 6.42 Å². The van der Waals surface area contributed by atoms with Crippen LogP contribution in [-0.2, 0) is 4.74 Å². The normalized spacial score (nSPS) is 53.1. The number of fused-ring (bicyclic) bond motifs is 6. The first kappa shape index (κ1) is 19.9. The summed E-state index contributed by atoms with van der Waals surface area (Å²) in [5.74, 6) is 6.84. The highest BCUT2D eigenvalue weighted by molar-refractivity contribution is 5.12. The summed E-state index contributed by atoms with van der Waals surface area (Å²) < 4.78 is 6.02. The van der Waals surface area contributed by atoms with Gasteiger partial charge in [-0.2, -0.15) is 0 Å². The molecule has 5 fully saturated rings. The molecule has 1 saturated heterocycles. The van der Waals surface area contributed by atoms with Crippen molar-refractivity contribution in [1.29, 1.82) is 0 Å². The van der Waals surface area contributed by atoms with Gasteiger partial charge >= 0.3 is 0 Å². The third-order valence-electron chi connectivity index (χ3n) is 11.1. The van der Waals surface area contributed by atoms with Crippen LogP contribution in [0.1, 0.15) is 105 Å². The maximum Gasteiger partial charge on any atom is 0.0847 e. The highest BCUT2D eigenvalue weighted by atomic mass is 16.6. The standard InChI is InChI=1S/C27H46O/c1-17(2)7-6-8-18(3)21-11-12-22-20-10-9-19-15-24-25(28-24)16-27(19,5)23(20)13-14-26(21,22)4/h17-25H,6-16H2,1-5H3/t18-,19+,20?,21?,22?,23?,24+,25-,26?,27?/m1/s1. The van der Waals surface area contributed by atoms with Crippen molar-refractivity contribution in [2.45, 2.75) is 117 Å². The second-order valence-electron chi connectivity index (χ2n) is 12.8. The molecular formula is C27H46O. The molecule has 0 amide bonds. The van der Waals surface area contributed by atoms with Crippen molar-refractivity contribution in [3.05, 3.63) is 0 Å². The second-order valence-corrected chi connectivity index (χ2v) is 12.8. The van der Waals surface area contributed by atoms with Crippen LogP contribution in [-0.4, -0.2) is 12.2 Å². The van der Waals surface area contributed by atoms with E-state index in [9.17, 15) is 0 Å². The predicted molar refractivity (Wildman–Crippen MR) is 117 cm³/mol. The molecule has 5 aliphatic rings. The quantitative estimate of drug-likeness (QED) is 0.446. The summed E-state index contributed by atoms with van der Waals surface area (Å²) in [6.07, 6.45) is 17.6. The zero-order chi connectivity index (χ0) is 19.7. The molecule has 1 nitrogen and oxygen atoms in total. The lowest BCUT2D eigenvalue weighted by Crippen LogP contribution is -2.54. The fourth-order valence-electron chi connectivity index (χ4n) is 9.54. The van der Waals surface area contributed by atoms with Crippen LogP contribution in [0, 0.1) is 52.3 Å². The summed E-state index contributed by atoms with van der Waals surface area (Å²) in [5.41, 5.74) is 1.25. The molecule has 1 heteroatoms. The minimum Gasteiger partial charge on any atom is -0.370 e. The monoisotopic (exact) mass is 386 g/mol. The molecule has 160 valence electrons. The Labute approximate surface area is 174 Å². The highest BCUT2D eigenvalue weighted by Gasteiger charge is 2.63. The maximum atomic E-state index is 6.02. The van der Waals surface area contributed by atoms with Gasteiger partial charge in [0.2, 0.25) is 0 Å². The van der Waals surface area contributed by atoms with Gasteiger partial charge in [0.15, 0.2) is 0 Å². The molecule has 28 heavy (non-hydrogen) atoms. The molecule has 1 aliphatic heterocycles. The van der Waals surface area contributed by atoms with Crippen molar-refractivity contribution < 1.29 is 4.74 Å². The molecule has 0 aromatic carbocycles. The topological polar surface area (TPSA) is 12.5 Å². The van der Waals surface area contributed by atoms with Crippen molar-refractivity contribution in [2.24, 2.45) is 52.3 Å². The summed E-state index contributed by atoms with van der Waals surface area (Å²) in [6.45, 7) is 12.8. The first-order valence-corrected chi connectivity index (χ1v) is 13.0. The first-order chi connectivity index (χ1) is 13.3. The Morgan fingerprint density at radius 2 is 1.64 bits per heavy atom.